The Bertz CT molecular complexity index is 2250. The molecule has 0 atom stereocenters. The second-order valence-corrected chi connectivity index (χ2v) is 11.4. The van der Waals surface area contributed by atoms with Gasteiger partial charge in [-0.3, -0.25) is 0 Å². The highest BCUT2D eigenvalue weighted by atomic mass is 19.1. The SMILES string of the molecule is Fc1ccc2oc(-c3ccc(-c4ccccc4-c4ccccc4-c4ccc(N(c5ccccc5)c5ccccc5)cc4)cc3)nc2c1. The van der Waals surface area contributed by atoms with Crippen LogP contribution in [0.2, 0.25) is 0 Å². The van der Waals surface area contributed by atoms with Crippen molar-refractivity contribution in [3.05, 3.63) is 182 Å². The van der Waals surface area contributed by atoms with Crippen molar-refractivity contribution in [3.8, 4) is 44.8 Å². The van der Waals surface area contributed by atoms with E-state index in [1.54, 1.807) is 6.07 Å². The molecule has 0 aliphatic rings. The van der Waals surface area contributed by atoms with Gasteiger partial charge < -0.3 is 9.32 Å². The van der Waals surface area contributed by atoms with Crippen molar-refractivity contribution in [2.24, 2.45) is 0 Å². The second-order valence-electron chi connectivity index (χ2n) is 11.4. The van der Waals surface area contributed by atoms with Crippen LogP contribution < -0.4 is 4.90 Å². The zero-order valence-electron chi connectivity index (χ0n) is 25.4. The van der Waals surface area contributed by atoms with E-state index in [0.717, 1.165) is 56.0 Å². The lowest BCUT2D eigenvalue weighted by molar-refractivity contribution is 0.614. The normalized spacial score (nSPS) is 11.1. The van der Waals surface area contributed by atoms with Crippen molar-refractivity contribution in [1.29, 1.82) is 0 Å². The van der Waals surface area contributed by atoms with Crippen LogP contribution >= 0.6 is 0 Å². The molecule has 8 rings (SSSR count). The van der Waals surface area contributed by atoms with E-state index < -0.39 is 0 Å². The van der Waals surface area contributed by atoms with Gasteiger partial charge >= 0.3 is 0 Å². The van der Waals surface area contributed by atoms with Gasteiger partial charge in [-0.1, -0.05) is 109 Å². The quantitative estimate of drug-likeness (QED) is 0.180. The molecule has 0 fully saturated rings. The summed E-state index contributed by atoms with van der Waals surface area (Å²) in [4.78, 5) is 6.77. The van der Waals surface area contributed by atoms with Crippen molar-refractivity contribution >= 4 is 28.2 Å². The number of halogens is 1. The summed E-state index contributed by atoms with van der Waals surface area (Å²) >= 11 is 0. The largest absolute Gasteiger partial charge is 0.436 e. The molecule has 1 aromatic heterocycles. The minimum absolute atomic E-state index is 0.332. The zero-order chi connectivity index (χ0) is 31.6. The van der Waals surface area contributed by atoms with E-state index in [4.69, 9.17) is 4.42 Å². The Labute approximate surface area is 272 Å². The van der Waals surface area contributed by atoms with E-state index in [1.165, 1.54) is 12.1 Å². The number of aromatic nitrogens is 1. The van der Waals surface area contributed by atoms with Crippen molar-refractivity contribution in [2.45, 2.75) is 0 Å². The van der Waals surface area contributed by atoms with Crippen LogP contribution in [-0.2, 0) is 0 Å². The van der Waals surface area contributed by atoms with Crippen molar-refractivity contribution < 1.29 is 8.81 Å². The van der Waals surface area contributed by atoms with Crippen LogP contribution in [0, 0.1) is 5.82 Å². The average Bonchev–Trinajstić information content (AvgIpc) is 3.56. The van der Waals surface area contributed by atoms with E-state index in [0.29, 0.717) is 17.0 Å². The van der Waals surface area contributed by atoms with Crippen LogP contribution in [0.25, 0.3) is 55.9 Å². The van der Waals surface area contributed by atoms with Gasteiger partial charge in [0.15, 0.2) is 5.58 Å². The van der Waals surface area contributed by atoms with Gasteiger partial charge in [-0.25, -0.2) is 9.37 Å². The molecule has 8 aromatic rings. The number of nitrogens with zero attached hydrogens (tertiary/aromatic N) is 2. The number of anilines is 3. The molecule has 0 aliphatic heterocycles. The molecule has 0 bridgehead atoms. The molecule has 0 amide bonds. The third kappa shape index (κ3) is 5.58. The Morgan fingerprint density at radius 1 is 0.426 bits per heavy atom. The molecule has 0 N–H and O–H groups in total. The first kappa shape index (κ1) is 28.2. The van der Waals surface area contributed by atoms with E-state index in [9.17, 15) is 4.39 Å². The first-order chi connectivity index (χ1) is 23.2. The molecule has 0 unspecified atom stereocenters. The van der Waals surface area contributed by atoms with Gasteiger partial charge in [0.1, 0.15) is 11.3 Å². The number of oxazole rings is 1. The van der Waals surface area contributed by atoms with Crippen LogP contribution in [0.15, 0.2) is 180 Å². The summed E-state index contributed by atoms with van der Waals surface area (Å²) < 4.78 is 19.6. The Morgan fingerprint density at radius 2 is 0.872 bits per heavy atom. The number of rotatable bonds is 7. The summed E-state index contributed by atoms with van der Waals surface area (Å²) in [6.45, 7) is 0. The standard InChI is InChI=1S/C43H29FN2O/c44-33-25-28-42-41(29-33)45-43(47-42)32-21-19-30(20-22-32)37-15-7-9-17-39(37)40-18-10-8-16-38(40)31-23-26-36(27-24-31)46(34-11-3-1-4-12-34)35-13-5-2-6-14-35/h1-29H. The fraction of sp³-hybridized carbons (Fsp3) is 0. The van der Waals surface area contributed by atoms with Crippen LogP contribution in [0.5, 0.6) is 0 Å². The minimum Gasteiger partial charge on any atom is -0.436 e. The molecule has 0 aliphatic carbocycles. The molecule has 0 saturated heterocycles. The Kier molecular flexibility index (Phi) is 7.37. The summed E-state index contributed by atoms with van der Waals surface area (Å²) in [5.74, 6) is 0.138. The molecule has 0 saturated carbocycles. The number of fused-ring (bicyclic) bond motifs is 1. The monoisotopic (exact) mass is 608 g/mol. The molecule has 0 radical (unpaired) electrons. The van der Waals surface area contributed by atoms with Gasteiger partial charge in [0.25, 0.3) is 0 Å². The third-order valence-electron chi connectivity index (χ3n) is 8.40. The van der Waals surface area contributed by atoms with Gasteiger partial charge in [-0.05, 0) is 94.0 Å². The molecular weight excluding hydrogens is 579 g/mol. The molecule has 47 heavy (non-hydrogen) atoms. The third-order valence-corrected chi connectivity index (χ3v) is 8.40. The van der Waals surface area contributed by atoms with E-state index in [-0.39, 0.29) is 5.82 Å². The zero-order valence-corrected chi connectivity index (χ0v) is 25.4. The Balaban J connectivity index is 1.14. The molecule has 1 heterocycles. The smallest absolute Gasteiger partial charge is 0.227 e. The number of benzene rings is 7. The van der Waals surface area contributed by atoms with Crippen LogP contribution in [0.3, 0.4) is 0 Å². The van der Waals surface area contributed by atoms with Crippen LogP contribution in [-0.4, -0.2) is 4.98 Å². The lowest BCUT2D eigenvalue weighted by atomic mass is 9.89. The lowest BCUT2D eigenvalue weighted by Gasteiger charge is -2.25. The lowest BCUT2D eigenvalue weighted by Crippen LogP contribution is -2.09. The topological polar surface area (TPSA) is 29.3 Å². The second kappa shape index (κ2) is 12.3. The van der Waals surface area contributed by atoms with E-state index >= 15 is 0 Å². The number of para-hydroxylation sites is 2. The van der Waals surface area contributed by atoms with Gasteiger partial charge in [0, 0.05) is 28.7 Å². The molecule has 3 nitrogen and oxygen atoms in total. The van der Waals surface area contributed by atoms with Gasteiger partial charge in [-0.15, -0.1) is 0 Å². The van der Waals surface area contributed by atoms with Crippen LogP contribution in [0.1, 0.15) is 0 Å². The van der Waals surface area contributed by atoms with Crippen molar-refractivity contribution in [1.82, 2.24) is 4.98 Å². The van der Waals surface area contributed by atoms with Gasteiger partial charge in [-0.2, -0.15) is 0 Å². The first-order valence-corrected chi connectivity index (χ1v) is 15.6. The molecule has 7 aromatic carbocycles. The molecular formula is C43H29FN2O. The summed E-state index contributed by atoms with van der Waals surface area (Å²) in [7, 11) is 0. The summed E-state index contributed by atoms with van der Waals surface area (Å²) in [5.41, 5.74) is 12.0. The van der Waals surface area contributed by atoms with E-state index in [1.807, 2.05) is 24.3 Å². The minimum atomic E-state index is -0.332. The predicted molar refractivity (Wildman–Crippen MR) is 190 cm³/mol. The van der Waals surface area contributed by atoms with Gasteiger partial charge in [0.05, 0.1) is 0 Å². The number of hydrogen-bond acceptors (Lipinski definition) is 3. The van der Waals surface area contributed by atoms with Crippen molar-refractivity contribution in [2.75, 3.05) is 4.90 Å². The van der Waals surface area contributed by atoms with Crippen LogP contribution in [0.4, 0.5) is 21.5 Å². The molecule has 4 heteroatoms. The maximum atomic E-state index is 13.7. The number of hydrogen-bond donors (Lipinski definition) is 0. The maximum Gasteiger partial charge on any atom is 0.227 e. The maximum absolute atomic E-state index is 13.7. The average molecular weight is 609 g/mol. The highest BCUT2D eigenvalue weighted by Crippen LogP contribution is 2.40. The Morgan fingerprint density at radius 3 is 1.43 bits per heavy atom. The van der Waals surface area contributed by atoms with Gasteiger partial charge in [0.2, 0.25) is 5.89 Å². The predicted octanol–water partition coefficient (Wildman–Crippen LogP) is 12.1. The first-order valence-electron chi connectivity index (χ1n) is 15.6. The fourth-order valence-electron chi connectivity index (χ4n) is 6.15. The summed E-state index contributed by atoms with van der Waals surface area (Å²) in [6, 6.07) is 59.3. The molecule has 0 spiro atoms. The Hall–Kier alpha value is -6.26. The van der Waals surface area contributed by atoms with E-state index in [2.05, 4.69) is 143 Å². The van der Waals surface area contributed by atoms with Crippen molar-refractivity contribution in [3.63, 3.8) is 0 Å². The highest BCUT2D eigenvalue weighted by Gasteiger charge is 2.16. The molecule has 224 valence electrons. The summed E-state index contributed by atoms with van der Waals surface area (Å²) in [5, 5.41) is 0. The highest BCUT2D eigenvalue weighted by molar-refractivity contribution is 5.92. The fourth-order valence-corrected chi connectivity index (χ4v) is 6.15. The summed E-state index contributed by atoms with van der Waals surface area (Å²) in [6.07, 6.45) is 0.